The smallest absolute Gasteiger partial charge is 0.307 e. The molecule has 3 N–H and O–H groups in total. The van der Waals surface area contributed by atoms with Crippen LogP contribution in [0.2, 0.25) is 0 Å². The monoisotopic (exact) mass is 383 g/mol. The summed E-state index contributed by atoms with van der Waals surface area (Å²) in [6, 6.07) is 21.1. The van der Waals surface area contributed by atoms with E-state index in [9.17, 15) is 9.59 Å². The zero-order valence-corrected chi connectivity index (χ0v) is 15.3. The fourth-order valence-corrected chi connectivity index (χ4v) is 2.90. The lowest BCUT2D eigenvalue weighted by molar-refractivity contribution is 0.0939. The van der Waals surface area contributed by atoms with E-state index < -0.39 is 11.9 Å². The zero-order chi connectivity index (χ0) is 20.1. The molecule has 0 unspecified atom stereocenters. The van der Waals surface area contributed by atoms with Gasteiger partial charge in [0.15, 0.2) is 0 Å². The average molecular weight is 383 g/mol. The van der Waals surface area contributed by atoms with Gasteiger partial charge in [0.2, 0.25) is 0 Å². The summed E-state index contributed by atoms with van der Waals surface area (Å²) >= 11 is 0. The number of rotatable bonds is 3. The molecule has 7 heteroatoms. The molecular weight excluding hydrogens is 366 g/mol. The number of fused-ring (bicyclic) bond motifs is 1. The van der Waals surface area contributed by atoms with E-state index in [4.69, 9.17) is 0 Å². The third-order valence-corrected chi connectivity index (χ3v) is 4.26. The standard InChI is InChI=1S/C22H17N5O2/c28-21(26-27-22(29)24-16-6-2-1-3-7-16)18-14-20(15-10-12-23-13-11-15)25-19-9-5-4-8-17(18)19/h1-14H,(H,26,28)(H2,24,27,29). The van der Waals surface area contributed by atoms with Crippen molar-refractivity contribution < 1.29 is 9.59 Å². The summed E-state index contributed by atoms with van der Waals surface area (Å²) in [4.78, 5) is 33.5. The minimum Gasteiger partial charge on any atom is -0.307 e. The van der Waals surface area contributed by atoms with E-state index >= 15 is 0 Å². The van der Waals surface area contributed by atoms with E-state index in [1.54, 1.807) is 42.7 Å². The first-order valence-corrected chi connectivity index (χ1v) is 8.93. The Labute approximate surface area is 166 Å². The van der Waals surface area contributed by atoms with Crippen molar-refractivity contribution in [2.24, 2.45) is 0 Å². The van der Waals surface area contributed by atoms with E-state index in [1.165, 1.54) is 0 Å². The zero-order valence-electron chi connectivity index (χ0n) is 15.3. The van der Waals surface area contributed by atoms with Crippen LogP contribution in [0.3, 0.4) is 0 Å². The number of nitrogens with zero attached hydrogens (tertiary/aromatic N) is 2. The molecular formula is C22H17N5O2. The summed E-state index contributed by atoms with van der Waals surface area (Å²) in [5.41, 5.74) is 8.01. The lowest BCUT2D eigenvalue weighted by Crippen LogP contribution is -2.44. The van der Waals surface area contributed by atoms with Crippen molar-refractivity contribution in [3.63, 3.8) is 0 Å². The predicted molar refractivity (Wildman–Crippen MR) is 111 cm³/mol. The van der Waals surface area contributed by atoms with Crippen LogP contribution in [0.1, 0.15) is 10.4 Å². The van der Waals surface area contributed by atoms with Crippen LogP contribution in [0.5, 0.6) is 0 Å². The van der Waals surface area contributed by atoms with Gasteiger partial charge in [0, 0.05) is 29.0 Å². The molecule has 4 rings (SSSR count). The lowest BCUT2D eigenvalue weighted by atomic mass is 10.0. The molecule has 2 aromatic carbocycles. The van der Waals surface area contributed by atoms with Crippen LogP contribution in [0.15, 0.2) is 85.2 Å². The molecule has 0 radical (unpaired) electrons. The Bertz CT molecular complexity index is 1160. The number of carbonyl (C=O) groups is 2. The largest absolute Gasteiger partial charge is 0.337 e. The molecule has 2 heterocycles. The highest BCUT2D eigenvalue weighted by Crippen LogP contribution is 2.24. The van der Waals surface area contributed by atoms with Gasteiger partial charge in [0.1, 0.15) is 0 Å². The molecule has 0 saturated heterocycles. The van der Waals surface area contributed by atoms with E-state index in [-0.39, 0.29) is 0 Å². The quantitative estimate of drug-likeness (QED) is 0.469. The molecule has 2 aromatic heterocycles. The Morgan fingerprint density at radius 3 is 2.31 bits per heavy atom. The number of hydrazine groups is 1. The Balaban J connectivity index is 1.57. The number of hydrogen-bond donors (Lipinski definition) is 3. The average Bonchev–Trinajstić information content (AvgIpc) is 2.78. The summed E-state index contributed by atoms with van der Waals surface area (Å²) in [5, 5.41) is 3.33. The maximum Gasteiger partial charge on any atom is 0.337 e. The van der Waals surface area contributed by atoms with Crippen molar-refractivity contribution in [2.75, 3.05) is 5.32 Å². The molecule has 0 spiro atoms. The molecule has 0 fully saturated rings. The number of aromatic nitrogens is 2. The van der Waals surface area contributed by atoms with Crippen molar-refractivity contribution >= 4 is 28.5 Å². The third kappa shape index (κ3) is 4.19. The van der Waals surface area contributed by atoms with Gasteiger partial charge in [-0.3, -0.25) is 15.2 Å². The number of urea groups is 1. The number of pyridine rings is 2. The first-order chi connectivity index (χ1) is 14.2. The minimum absolute atomic E-state index is 0.405. The van der Waals surface area contributed by atoms with Crippen LogP contribution in [-0.2, 0) is 0 Å². The second-order valence-corrected chi connectivity index (χ2v) is 6.21. The van der Waals surface area contributed by atoms with Gasteiger partial charge in [0.05, 0.1) is 16.8 Å². The first kappa shape index (κ1) is 18.1. The molecule has 7 nitrogen and oxygen atoms in total. The number of anilines is 1. The normalized spacial score (nSPS) is 10.3. The van der Waals surface area contributed by atoms with Crippen LogP contribution >= 0.6 is 0 Å². The van der Waals surface area contributed by atoms with Crippen LogP contribution < -0.4 is 16.2 Å². The number of carbonyl (C=O) groups excluding carboxylic acids is 2. The van der Waals surface area contributed by atoms with E-state index in [2.05, 4.69) is 26.1 Å². The summed E-state index contributed by atoms with van der Waals surface area (Å²) in [7, 11) is 0. The second-order valence-electron chi connectivity index (χ2n) is 6.21. The Kier molecular flexibility index (Phi) is 5.11. The topological polar surface area (TPSA) is 96.0 Å². The highest BCUT2D eigenvalue weighted by atomic mass is 16.2. The van der Waals surface area contributed by atoms with E-state index in [1.807, 2.05) is 42.5 Å². The molecule has 0 aliphatic heterocycles. The van der Waals surface area contributed by atoms with Gasteiger partial charge < -0.3 is 5.32 Å². The van der Waals surface area contributed by atoms with E-state index in [0.29, 0.717) is 27.8 Å². The van der Waals surface area contributed by atoms with Crippen LogP contribution in [-0.4, -0.2) is 21.9 Å². The number of amides is 3. The summed E-state index contributed by atoms with van der Waals surface area (Å²) in [6.45, 7) is 0. The van der Waals surface area contributed by atoms with Crippen molar-refractivity contribution in [2.45, 2.75) is 0 Å². The number of hydrogen-bond acceptors (Lipinski definition) is 4. The molecule has 0 aliphatic carbocycles. The van der Waals surface area contributed by atoms with Crippen molar-refractivity contribution in [3.05, 3.63) is 90.8 Å². The summed E-state index contributed by atoms with van der Waals surface area (Å²) < 4.78 is 0. The van der Waals surface area contributed by atoms with Crippen molar-refractivity contribution in [3.8, 4) is 11.3 Å². The van der Waals surface area contributed by atoms with Gasteiger partial charge in [-0.05, 0) is 36.4 Å². The van der Waals surface area contributed by atoms with Gasteiger partial charge in [0.25, 0.3) is 5.91 Å². The minimum atomic E-state index is -0.544. The molecule has 4 aromatic rings. The first-order valence-electron chi connectivity index (χ1n) is 8.93. The van der Waals surface area contributed by atoms with Crippen LogP contribution in [0, 0.1) is 0 Å². The highest BCUT2D eigenvalue weighted by molar-refractivity contribution is 6.07. The number of para-hydroxylation sites is 2. The maximum atomic E-state index is 12.8. The third-order valence-electron chi connectivity index (χ3n) is 4.26. The van der Waals surface area contributed by atoms with Crippen molar-refractivity contribution in [1.29, 1.82) is 0 Å². The summed E-state index contributed by atoms with van der Waals surface area (Å²) in [5.74, 6) is -0.442. The fraction of sp³-hybridized carbons (Fsp3) is 0. The molecule has 0 bridgehead atoms. The van der Waals surface area contributed by atoms with Crippen LogP contribution in [0.25, 0.3) is 22.2 Å². The maximum absolute atomic E-state index is 12.8. The molecule has 0 atom stereocenters. The van der Waals surface area contributed by atoms with Gasteiger partial charge in [-0.15, -0.1) is 0 Å². The fourth-order valence-electron chi connectivity index (χ4n) is 2.90. The predicted octanol–water partition coefficient (Wildman–Crippen LogP) is 3.76. The van der Waals surface area contributed by atoms with Crippen LogP contribution in [0.4, 0.5) is 10.5 Å². The van der Waals surface area contributed by atoms with Crippen molar-refractivity contribution in [1.82, 2.24) is 20.8 Å². The molecule has 142 valence electrons. The molecule has 0 saturated carbocycles. The number of nitrogens with one attached hydrogen (secondary N) is 3. The highest BCUT2D eigenvalue weighted by Gasteiger charge is 2.14. The van der Waals surface area contributed by atoms with Gasteiger partial charge in [-0.1, -0.05) is 36.4 Å². The molecule has 0 aliphatic rings. The number of benzene rings is 2. The SMILES string of the molecule is O=C(NNC(=O)c1cc(-c2ccncc2)nc2ccccc12)Nc1ccccc1. The molecule has 3 amide bonds. The van der Waals surface area contributed by atoms with Gasteiger partial charge in [-0.2, -0.15) is 0 Å². The van der Waals surface area contributed by atoms with E-state index in [0.717, 1.165) is 5.56 Å². The summed E-state index contributed by atoms with van der Waals surface area (Å²) in [6.07, 6.45) is 3.34. The van der Waals surface area contributed by atoms with Gasteiger partial charge >= 0.3 is 6.03 Å². The molecule has 29 heavy (non-hydrogen) atoms. The Morgan fingerprint density at radius 1 is 0.793 bits per heavy atom. The lowest BCUT2D eigenvalue weighted by Gasteiger charge is -2.12. The Morgan fingerprint density at radius 2 is 1.52 bits per heavy atom. The Hall–Kier alpha value is -4.26. The van der Waals surface area contributed by atoms with Gasteiger partial charge in [-0.25, -0.2) is 15.2 Å². The second kappa shape index (κ2) is 8.18.